The van der Waals surface area contributed by atoms with Gasteiger partial charge in [0.05, 0.1) is 12.1 Å². The molecule has 2 aliphatic rings. The van der Waals surface area contributed by atoms with E-state index < -0.39 is 0 Å². The first-order valence-corrected chi connectivity index (χ1v) is 13.0. The van der Waals surface area contributed by atoms with Gasteiger partial charge in [-0.15, -0.1) is 11.3 Å². The molecule has 3 aromatic rings. The second kappa shape index (κ2) is 10.2. The first-order chi connectivity index (χ1) is 16.1. The number of carbonyl (C=O) groups excluding carboxylic acids is 1. The summed E-state index contributed by atoms with van der Waals surface area (Å²) >= 11 is 3.35. The molecular weight excluding hydrogens is 454 g/mol. The predicted molar refractivity (Wildman–Crippen MR) is 131 cm³/mol. The minimum Gasteiger partial charge on any atom is -0.454 e. The summed E-state index contributed by atoms with van der Waals surface area (Å²) in [4.78, 5) is 21.8. The van der Waals surface area contributed by atoms with Crippen LogP contribution >= 0.6 is 23.1 Å². The molecule has 6 nitrogen and oxygen atoms in total. The van der Waals surface area contributed by atoms with Gasteiger partial charge in [0, 0.05) is 43.9 Å². The SMILES string of the molecule is Cc1ccc(CSc2nc(CC(=O)N3CCN(Cc4ccc5c(c4)OCO5)CC3)cs2)cc1. The smallest absolute Gasteiger partial charge is 0.231 e. The van der Waals surface area contributed by atoms with Crippen molar-refractivity contribution in [2.75, 3.05) is 33.0 Å². The molecule has 3 heterocycles. The van der Waals surface area contributed by atoms with Crippen LogP contribution in [0.2, 0.25) is 0 Å². The van der Waals surface area contributed by atoms with E-state index in [4.69, 9.17) is 9.47 Å². The van der Waals surface area contributed by atoms with E-state index in [2.05, 4.69) is 53.2 Å². The molecule has 2 aromatic carbocycles. The Morgan fingerprint density at radius 3 is 2.61 bits per heavy atom. The lowest BCUT2D eigenvalue weighted by molar-refractivity contribution is -0.132. The van der Waals surface area contributed by atoms with Crippen molar-refractivity contribution >= 4 is 29.0 Å². The first-order valence-electron chi connectivity index (χ1n) is 11.1. The van der Waals surface area contributed by atoms with Gasteiger partial charge in [-0.3, -0.25) is 9.69 Å². The number of carbonyl (C=O) groups is 1. The summed E-state index contributed by atoms with van der Waals surface area (Å²) in [5.41, 5.74) is 4.64. The largest absolute Gasteiger partial charge is 0.454 e. The molecule has 0 atom stereocenters. The number of benzene rings is 2. The van der Waals surface area contributed by atoms with E-state index in [1.807, 2.05) is 16.3 Å². The number of rotatable bonds is 7. The highest BCUT2D eigenvalue weighted by molar-refractivity contribution is 8.00. The lowest BCUT2D eigenvalue weighted by Gasteiger charge is -2.34. The monoisotopic (exact) mass is 481 g/mol. The van der Waals surface area contributed by atoms with Crippen LogP contribution in [0.15, 0.2) is 52.2 Å². The Balaban J connectivity index is 1.07. The van der Waals surface area contributed by atoms with Crippen LogP contribution < -0.4 is 9.47 Å². The number of aryl methyl sites for hydroxylation is 1. The summed E-state index contributed by atoms with van der Waals surface area (Å²) in [6.45, 7) is 6.49. The maximum absolute atomic E-state index is 12.8. The zero-order chi connectivity index (χ0) is 22.6. The normalized spacial score (nSPS) is 15.7. The molecule has 33 heavy (non-hydrogen) atoms. The van der Waals surface area contributed by atoms with E-state index in [0.29, 0.717) is 13.2 Å². The number of amides is 1. The van der Waals surface area contributed by atoms with E-state index in [1.165, 1.54) is 16.7 Å². The average Bonchev–Trinajstić information content (AvgIpc) is 3.48. The maximum atomic E-state index is 12.8. The molecule has 1 aromatic heterocycles. The summed E-state index contributed by atoms with van der Waals surface area (Å²) in [5, 5.41) is 2.02. The van der Waals surface area contributed by atoms with Gasteiger partial charge in [-0.05, 0) is 30.2 Å². The van der Waals surface area contributed by atoms with Crippen LogP contribution in [0, 0.1) is 6.92 Å². The van der Waals surface area contributed by atoms with E-state index >= 15 is 0 Å². The maximum Gasteiger partial charge on any atom is 0.231 e. The highest BCUT2D eigenvalue weighted by atomic mass is 32.2. The van der Waals surface area contributed by atoms with Crippen LogP contribution in [0.4, 0.5) is 0 Å². The van der Waals surface area contributed by atoms with Gasteiger partial charge in [0.2, 0.25) is 12.7 Å². The molecule has 172 valence electrons. The van der Waals surface area contributed by atoms with Crippen LogP contribution in [0.25, 0.3) is 0 Å². The van der Waals surface area contributed by atoms with Gasteiger partial charge in [0.15, 0.2) is 11.5 Å². The van der Waals surface area contributed by atoms with Crippen molar-refractivity contribution in [2.45, 2.75) is 30.0 Å². The highest BCUT2D eigenvalue weighted by Crippen LogP contribution is 2.33. The first kappa shape index (κ1) is 22.3. The average molecular weight is 482 g/mol. The van der Waals surface area contributed by atoms with Gasteiger partial charge < -0.3 is 14.4 Å². The van der Waals surface area contributed by atoms with Gasteiger partial charge >= 0.3 is 0 Å². The fourth-order valence-electron chi connectivity index (χ4n) is 3.98. The number of thiazole rings is 1. The lowest BCUT2D eigenvalue weighted by Crippen LogP contribution is -2.48. The molecule has 2 aliphatic heterocycles. The number of fused-ring (bicyclic) bond motifs is 1. The summed E-state index contributed by atoms with van der Waals surface area (Å²) in [7, 11) is 0. The number of nitrogens with zero attached hydrogens (tertiary/aromatic N) is 3. The fraction of sp³-hybridized carbons (Fsp3) is 0.360. The minimum absolute atomic E-state index is 0.165. The zero-order valence-electron chi connectivity index (χ0n) is 18.7. The molecular formula is C25H27N3O3S2. The van der Waals surface area contributed by atoms with Crippen LogP contribution in [-0.4, -0.2) is 53.7 Å². The molecule has 0 bridgehead atoms. The molecule has 0 saturated carbocycles. The van der Waals surface area contributed by atoms with Crippen molar-refractivity contribution in [3.05, 3.63) is 70.2 Å². The van der Waals surface area contributed by atoms with Crippen molar-refractivity contribution in [1.29, 1.82) is 0 Å². The van der Waals surface area contributed by atoms with E-state index in [0.717, 1.165) is 60.0 Å². The molecule has 0 spiro atoms. The number of ether oxygens (including phenoxy) is 2. The molecule has 0 N–H and O–H groups in total. The van der Waals surface area contributed by atoms with Gasteiger partial charge in [-0.25, -0.2) is 4.98 Å². The lowest BCUT2D eigenvalue weighted by atomic mass is 10.1. The Morgan fingerprint density at radius 1 is 1.03 bits per heavy atom. The zero-order valence-corrected chi connectivity index (χ0v) is 20.3. The standard InChI is InChI=1S/C25H27N3O3S2/c1-18-2-4-19(5-3-18)15-32-25-26-21(16-33-25)13-24(29)28-10-8-27(9-11-28)14-20-6-7-22-23(12-20)31-17-30-22/h2-7,12,16H,8-11,13-15,17H2,1H3. The molecule has 1 fully saturated rings. The molecule has 1 amide bonds. The van der Waals surface area contributed by atoms with Crippen molar-refractivity contribution < 1.29 is 14.3 Å². The number of hydrogen-bond acceptors (Lipinski definition) is 7. The van der Waals surface area contributed by atoms with Crippen LogP contribution in [0.5, 0.6) is 11.5 Å². The third-order valence-corrected chi connectivity index (χ3v) is 8.06. The number of piperazine rings is 1. The third-order valence-electron chi connectivity index (χ3n) is 5.91. The molecule has 0 aliphatic carbocycles. The topological polar surface area (TPSA) is 54.9 Å². The summed E-state index contributed by atoms with van der Waals surface area (Å²) in [6.07, 6.45) is 0.379. The van der Waals surface area contributed by atoms with Crippen molar-refractivity contribution in [3.8, 4) is 11.5 Å². The molecule has 8 heteroatoms. The minimum atomic E-state index is 0.165. The molecule has 1 saturated heterocycles. The van der Waals surface area contributed by atoms with Gasteiger partial charge in [-0.1, -0.05) is 47.7 Å². The van der Waals surface area contributed by atoms with Crippen LogP contribution in [0.1, 0.15) is 22.4 Å². The van der Waals surface area contributed by atoms with Crippen molar-refractivity contribution in [3.63, 3.8) is 0 Å². The highest BCUT2D eigenvalue weighted by Gasteiger charge is 2.23. The Kier molecular flexibility index (Phi) is 6.85. The van der Waals surface area contributed by atoms with Crippen molar-refractivity contribution in [2.24, 2.45) is 0 Å². The Bertz CT molecular complexity index is 1110. The van der Waals surface area contributed by atoms with Crippen LogP contribution in [0.3, 0.4) is 0 Å². The Hall–Kier alpha value is -2.55. The third kappa shape index (κ3) is 5.69. The summed E-state index contributed by atoms with van der Waals surface area (Å²) in [6, 6.07) is 14.7. The predicted octanol–water partition coefficient (Wildman–Crippen LogP) is 4.36. The summed E-state index contributed by atoms with van der Waals surface area (Å²) in [5.74, 6) is 2.69. The van der Waals surface area contributed by atoms with Gasteiger partial charge in [0.1, 0.15) is 4.34 Å². The van der Waals surface area contributed by atoms with Crippen LogP contribution in [-0.2, 0) is 23.5 Å². The molecule has 0 unspecified atom stereocenters. The number of aromatic nitrogens is 1. The van der Waals surface area contributed by atoms with E-state index in [9.17, 15) is 4.79 Å². The Morgan fingerprint density at radius 2 is 1.79 bits per heavy atom. The quantitative estimate of drug-likeness (QED) is 0.468. The fourth-order valence-corrected chi connectivity index (χ4v) is 5.79. The van der Waals surface area contributed by atoms with Gasteiger partial charge in [-0.2, -0.15) is 0 Å². The Labute approximate surface area is 202 Å². The van der Waals surface area contributed by atoms with E-state index in [1.54, 1.807) is 23.1 Å². The van der Waals surface area contributed by atoms with E-state index in [-0.39, 0.29) is 5.91 Å². The van der Waals surface area contributed by atoms with Gasteiger partial charge in [0.25, 0.3) is 0 Å². The number of thioether (sulfide) groups is 1. The van der Waals surface area contributed by atoms with Crippen molar-refractivity contribution in [1.82, 2.24) is 14.8 Å². The molecule has 0 radical (unpaired) electrons. The number of hydrogen-bond donors (Lipinski definition) is 0. The second-order valence-electron chi connectivity index (χ2n) is 8.40. The second-order valence-corrected chi connectivity index (χ2v) is 10.5. The molecule has 5 rings (SSSR count). The summed E-state index contributed by atoms with van der Waals surface area (Å²) < 4.78 is 11.9.